The van der Waals surface area contributed by atoms with Gasteiger partial charge in [0.05, 0.1) is 38.6 Å². The SMILES string of the molecule is CCCCCCCCC/C=C/C(O)C(COC1OC(CO)C(OC2OC(CO)C(OC3OC(CO)C(O)C(O)C3O)C(O)C2O)C(O)C1O)NC(=O)CCCCCCCCCCCCCCCCCCCCCCCCC/C=C\CCCCCCCCCC. The van der Waals surface area contributed by atoms with Gasteiger partial charge in [-0.05, 0) is 44.9 Å². The molecular formula is C70H131NO18. The largest absolute Gasteiger partial charge is 0.394 e. The van der Waals surface area contributed by atoms with Crippen molar-refractivity contribution in [1.29, 1.82) is 0 Å². The third-order valence-corrected chi connectivity index (χ3v) is 18.2. The van der Waals surface area contributed by atoms with Crippen LogP contribution in [-0.4, -0.2) is 193 Å². The van der Waals surface area contributed by atoms with E-state index in [0.29, 0.717) is 6.42 Å². The maximum atomic E-state index is 13.3. The molecule has 1 amide bonds. The van der Waals surface area contributed by atoms with E-state index in [4.69, 9.17) is 28.4 Å². The summed E-state index contributed by atoms with van der Waals surface area (Å²) in [6, 6.07) is -0.968. The Balaban J connectivity index is 1.29. The highest BCUT2D eigenvalue weighted by atomic mass is 16.8. The molecule has 524 valence electrons. The lowest BCUT2D eigenvalue weighted by Gasteiger charge is -2.48. The van der Waals surface area contributed by atoms with Gasteiger partial charge in [-0.2, -0.15) is 0 Å². The number of carbonyl (C=O) groups is 1. The van der Waals surface area contributed by atoms with Gasteiger partial charge in [-0.15, -0.1) is 0 Å². The Morgan fingerprint density at radius 2 is 0.708 bits per heavy atom. The number of ether oxygens (including phenoxy) is 6. The molecule has 3 rings (SSSR count). The molecule has 17 atom stereocenters. The van der Waals surface area contributed by atoms with Gasteiger partial charge in [0.2, 0.25) is 5.91 Å². The van der Waals surface area contributed by atoms with Crippen LogP contribution in [0.5, 0.6) is 0 Å². The lowest BCUT2D eigenvalue weighted by Crippen LogP contribution is -2.66. The van der Waals surface area contributed by atoms with Gasteiger partial charge >= 0.3 is 0 Å². The first kappa shape index (κ1) is 81.5. The van der Waals surface area contributed by atoms with Crippen molar-refractivity contribution in [1.82, 2.24) is 5.32 Å². The minimum absolute atomic E-state index is 0.248. The molecule has 0 aromatic carbocycles. The maximum absolute atomic E-state index is 13.3. The van der Waals surface area contributed by atoms with Crippen molar-refractivity contribution in [3.05, 3.63) is 24.3 Å². The third-order valence-electron chi connectivity index (χ3n) is 18.2. The first-order valence-electron chi connectivity index (χ1n) is 36.1. The fraction of sp³-hybridized carbons (Fsp3) is 0.929. The average Bonchev–Trinajstić information content (AvgIpc) is 1.06. The van der Waals surface area contributed by atoms with Crippen molar-refractivity contribution in [2.24, 2.45) is 0 Å². The molecular weight excluding hydrogens is 1140 g/mol. The highest BCUT2D eigenvalue weighted by molar-refractivity contribution is 5.76. The predicted molar refractivity (Wildman–Crippen MR) is 346 cm³/mol. The second kappa shape index (κ2) is 52.5. The average molecular weight is 1270 g/mol. The molecule has 0 aromatic rings. The van der Waals surface area contributed by atoms with E-state index in [1.165, 1.54) is 212 Å². The monoisotopic (exact) mass is 1270 g/mol. The summed E-state index contributed by atoms with van der Waals surface area (Å²) in [6.45, 7) is 1.71. The number of hydrogen-bond donors (Lipinski definition) is 12. The van der Waals surface area contributed by atoms with Crippen LogP contribution in [0.25, 0.3) is 0 Å². The summed E-state index contributed by atoms with van der Waals surface area (Å²) in [5.41, 5.74) is 0. The number of aliphatic hydroxyl groups excluding tert-OH is 11. The highest BCUT2D eigenvalue weighted by Gasteiger charge is 2.53. The lowest BCUT2D eigenvalue weighted by atomic mass is 9.96. The molecule has 0 aliphatic carbocycles. The molecule has 3 saturated heterocycles. The number of allylic oxidation sites excluding steroid dienone is 3. The first-order chi connectivity index (χ1) is 43.3. The topological polar surface area (TPSA) is 307 Å². The molecule has 3 fully saturated rings. The highest BCUT2D eigenvalue weighted by Crippen LogP contribution is 2.33. The number of unbranched alkanes of at least 4 members (excludes halogenated alkanes) is 38. The number of aliphatic hydroxyl groups is 11. The van der Waals surface area contributed by atoms with Gasteiger partial charge in [-0.1, -0.05) is 256 Å². The normalized spacial score (nSPS) is 28.3. The van der Waals surface area contributed by atoms with Gasteiger partial charge in [0.15, 0.2) is 18.9 Å². The van der Waals surface area contributed by atoms with Crippen molar-refractivity contribution >= 4 is 5.91 Å². The third kappa shape index (κ3) is 34.5. The summed E-state index contributed by atoms with van der Waals surface area (Å²) in [4.78, 5) is 13.3. The van der Waals surface area contributed by atoms with Crippen molar-refractivity contribution < 1.29 is 89.4 Å². The summed E-state index contributed by atoms with van der Waals surface area (Å²) in [5.74, 6) is -0.273. The summed E-state index contributed by atoms with van der Waals surface area (Å²) >= 11 is 0. The van der Waals surface area contributed by atoms with E-state index in [1.807, 2.05) is 6.08 Å². The van der Waals surface area contributed by atoms with E-state index in [0.717, 1.165) is 44.9 Å². The molecule has 17 unspecified atom stereocenters. The summed E-state index contributed by atoms with van der Waals surface area (Å²) in [6.07, 6.45) is 33.6. The number of amides is 1. The summed E-state index contributed by atoms with van der Waals surface area (Å²) in [5, 5.41) is 120. The molecule has 12 N–H and O–H groups in total. The van der Waals surface area contributed by atoms with Crippen LogP contribution >= 0.6 is 0 Å². The first-order valence-corrected chi connectivity index (χ1v) is 36.1. The van der Waals surface area contributed by atoms with Crippen molar-refractivity contribution in [3.8, 4) is 0 Å². The Morgan fingerprint density at radius 3 is 1.09 bits per heavy atom. The molecule has 0 aromatic heterocycles. The van der Waals surface area contributed by atoms with Gasteiger partial charge in [0, 0.05) is 6.42 Å². The predicted octanol–water partition coefficient (Wildman–Crippen LogP) is 9.83. The van der Waals surface area contributed by atoms with E-state index < -0.39 is 124 Å². The number of hydrogen-bond acceptors (Lipinski definition) is 18. The summed E-state index contributed by atoms with van der Waals surface area (Å²) in [7, 11) is 0. The van der Waals surface area contributed by atoms with Crippen LogP contribution in [0.4, 0.5) is 0 Å². The Labute approximate surface area is 537 Å². The van der Waals surface area contributed by atoms with Crippen LogP contribution in [0.2, 0.25) is 0 Å². The Kier molecular flexibility index (Phi) is 48.1. The van der Waals surface area contributed by atoms with Gasteiger partial charge in [0.25, 0.3) is 0 Å². The van der Waals surface area contributed by atoms with E-state index in [2.05, 4.69) is 31.3 Å². The van der Waals surface area contributed by atoms with E-state index in [1.54, 1.807) is 6.08 Å². The molecule has 3 aliphatic rings. The Bertz CT molecular complexity index is 1710. The van der Waals surface area contributed by atoms with Gasteiger partial charge in [-0.3, -0.25) is 4.79 Å². The zero-order valence-corrected chi connectivity index (χ0v) is 55.4. The zero-order chi connectivity index (χ0) is 64.7. The minimum Gasteiger partial charge on any atom is -0.394 e. The molecule has 89 heavy (non-hydrogen) atoms. The number of rotatable bonds is 56. The van der Waals surface area contributed by atoms with Crippen LogP contribution < -0.4 is 5.32 Å². The number of nitrogens with one attached hydrogen (secondary N) is 1. The fourth-order valence-electron chi connectivity index (χ4n) is 12.4. The molecule has 0 bridgehead atoms. The Morgan fingerprint density at radius 1 is 0.393 bits per heavy atom. The maximum Gasteiger partial charge on any atom is 0.220 e. The van der Waals surface area contributed by atoms with Crippen molar-refractivity contribution in [2.75, 3.05) is 26.4 Å². The van der Waals surface area contributed by atoms with E-state index in [-0.39, 0.29) is 18.9 Å². The molecule has 3 heterocycles. The van der Waals surface area contributed by atoms with E-state index in [9.17, 15) is 61.0 Å². The summed E-state index contributed by atoms with van der Waals surface area (Å²) < 4.78 is 34.3. The van der Waals surface area contributed by atoms with Crippen LogP contribution in [-0.2, 0) is 33.2 Å². The van der Waals surface area contributed by atoms with Crippen LogP contribution in [0.15, 0.2) is 24.3 Å². The zero-order valence-electron chi connectivity index (χ0n) is 55.4. The van der Waals surface area contributed by atoms with Crippen LogP contribution in [0, 0.1) is 0 Å². The van der Waals surface area contributed by atoms with Gasteiger partial charge in [-0.25, -0.2) is 0 Å². The Hall–Kier alpha value is -1.73. The van der Waals surface area contributed by atoms with Gasteiger partial charge in [0.1, 0.15) is 73.2 Å². The van der Waals surface area contributed by atoms with E-state index >= 15 is 0 Å². The second-order valence-electron chi connectivity index (χ2n) is 26.1. The number of carbonyl (C=O) groups excluding carboxylic acids is 1. The molecule has 0 radical (unpaired) electrons. The molecule has 19 nitrogen and oxygen atoms in total. The van der Waals surface area contributed by atoms with Crippen LogP contribution in [0.1, 0.15) is 284 Å². The van der Waals surface area contributed by atoms with Gasteiger partial charge < -0.3 is 89.9 Å². The fourth-order valence-corrected chi connectivity index (χ4v) is 12.4. The molecule has 0 spiro atoms. The standard InChI is InChI=1S/C70H131NO18/c1-3-5-7-9-11-13-14-15-16-17-18-19-20-21-22-23-24-25-26-27-28-29-30-31-32-33-34-35-36-37-38-40-42-44-46-48-58(76)71-53(54(75)47-45-43-41-39-12-10-8-6-4-2)52-84-68-64(82)61(79)66(56(50-73)86-68)89-70-65(83)62(80)67(57(51-74)87-70)88-69-63(81)60(78)59(77)55(49-72)85-69/h17-18,45,47,53-57,59-70,72-75,77-83H,3-16,19-44,46,48-52H2,1-2H3,(H,71,76)/b18-17-,47-45+. The minimum atomic E-state index is -1.98. The van der Waals surface area contributed by atoms with Crippen LogP contribution in [0.3, 0.4) is 0 Å². The van der Waals surface area contributed by atoms with Crippen molar-refractivity contribution in [3.63, 3.8) is 0 Å². The quantitative estimate of drug-likeness (QED) is 0.0199. The lowest BCUT2D eigenvalue weighted by molar-refractivity contribution is -0.379. The smallest absolute Gasteiger partial charge is 0.220 e. The molecule has 19 heteroatoms. The molecule has 0 saturated carbocycles. The molecule has 3 aliphatic heterocycles. The second-order valence-corrected chi connectivity index (χ2v) is 26.1. The van der Waals surface area contributed by atoms with Crippen molar-refractivity contribution in [2.45, 2.75) is 388 Å².